The smallest absolute Gasteiger partial charge is 0.339 e. The first-order valence-corrected chi connectivity index (χ1v) is 7.97. The molecule has 4 nitrogen and oxygen atoms in total. The minimum atomic E-state index is -3.93. The van der Waals surface area contributed by atoms with Crippen LogP contribution in [-0.4, -0.2) is 15.5 Å². The third-order valence-corrected chi connectivity index (χ3v) is 4.62. The van der Waals surface area contributed by atoms with Crippen LogP contribution in [-0.2, 0) is 10.1 Å². The summed E-state index contributed by atoms with van der Waals surface area (Å²) in [6.07, 6.45) is 0. The van der Waals surface area contributed by atoms with Crippen molar-refractivity contribution in [1.29, 1.82) is 0 Å². The lowest BCUT2D eigenvalue weighted by Crippen LogP contribution is -2.11. The maximum Gasteiger partial charge on any atom is 0.339 e. The maximum absolute atomic E-state index is 12.4. The highest BCUT2D eigenvalue weighted by molar-refractivity contribution is 7.87. The lowest BCUT2D eigenvalue weighted by Gasteiger charge is -2.12. The molecule has 0 saturated heterocycles. The number of ether oxygens (including phenoxy) is 1. The van der Waals surface area contributed by atoms with Crippen LogP contribution >= 0.6 is 11.6 Å². The Labute approximate surface area is 129 Å². The number of hydrogen-bond acceptors (Lipinski definition) is 4. The monoisotopic (exact) mass is 326 g/mol. The SMILES string of the molecule is COc1cc(S(=O)(=O)Oc2ccc(Cl)cc2)c(C)cc1C. The molecule has 0 N–H and O–H groups in total. The van der Waals surface area contributed by atoms with Gasteiger partial charge in [0.05, 0.1) is 7.11 Å². The van der Waals surface area contributed by atoms with Crippen molar-refractivity contribution in [2.24, 2.45) is 0 Å². The van der Waals surface area contributed by atoms with E-state index >= 15 is 0 Å². The number of methoxy groups -OCH3 is 1. The topological polar surface area (TPSA) is 52.6 Å². The van der Waals surface area contributed by atoms with E-state index in [-0.39, 0.29) is 10.6 Å². The molecule has 0 spiro atoms. The van der Waals surface area contributed by atoms with Crippen molar-refractivity contribution in [1.82, 2.24) is 0 Å². The number of hydrogen-bond donors (Lipinski definition) is 0. The minimum Gasteiger partial charge on any atom is -0.496 e. The van der Waals surface area contributed by atoms with Gasteiger partial charge < -0.3 is 8.92 Å². The molecule has 21 heavy (non-hydrogen) atoms. The van der Waals surface area contributed by atoms with Crippen LogP contribution in [0.25, 0.3) is 0 Å². The second-order valence-electron chi connectivity index (χ2n) is 4.58. The molecule has 0 bridgehead atoms. The number of halogens is 1. The summed E-state index contributed by atoms with van der Waals surface area (Å²) in [7, 11) is -2.44. The Bertz CT molecular complexity index is 752. The van der Waals surface area contributed by atoms with E-state index in [1.807, 2.05) is 6.92 Å². The summed E-state index contributed by atoms with van der Waals surface area (Å²) in [5.41, 5.74) is 1.46. The molecule has 2 aromatic rings. The molecule has 0 aliphatic carbocycles. The predicted octanol–water partition coefficient (Wildman–Crippen LogP) is 3.73. The zero-order valence-corrected chi connectivity index (χ0v) is 13.5. The van der Waals surface area contributed by atoms with Gasteiger partial charge in [0.15, 0.2) is 0 Å². The highest BCUT2D eigenvalue weighted by Crippen LogP contribution is 2.28. The first-order valence-electron chi connectivity index (χ1n) is 6.19. The van der Waals surface area contributed by atoms with E-state index in [1.165, 1.54) is 25.3 Å². The molecule has 0 amide bonds. The largest absolute Gasteiger partial charge is 0.496 e. The maximum atomic E-state index is 12.4. The normalized spacial score (nSPS) is 11.2. The first kappa shape index (κ1) is 15.7. The second-order valence-corrected chi connectivity index (χ2v) is 6.53. The Morgan fingerprint density at radius 3 is 2.19 bits per heavy atom. The summed E-state index contributed by atoms with van der Waals surface area (Å²) >= 11 is 5.76. The quantitative estimate of drug-likeness (QED) is 0.803. The van der Waals surface area contributed by atoms with E-state index in [2.05, 4.69) is 0 Å². The van der Waals surface area contributed by atoms with E-state index in [1.54, 1.807) is 25.1 Å². The summed E-state index contributed by atoms with van der Waals surface area (Å²) in [5, 5.41) is 0.507. The fourth-order valence-corrected chi connectivity index (χ4v) is 3.25. The van der Waals surface area contributed by atoms with Crippen LogP contribution < -0.4 is 8.92 Å². The third kappa shape index (κ3) is 3.49. The van der Waals surface area contributed by atoms with Gasteiger partial charge >= 0.3 is 10.1 Å². The lowest BCUT2D eigenvalue weighted by atomic mass is 10.1. The molecule has 0 aliphatic heterocycles. The van der Waals surface area contributed by atoms with Gasteiger partial charge in [-0.2, -0.15) is 8.42 Å². The van der Waals surface area contributed by atoms with Crippen molar-refractivity contribution in [2.45, 2.75) is 18.7 Å². The van der Waals surface area contributed by atoms with Gasteiger partial charge in [-0.05, 0) is 49.2 Å². The Morgan fingerprint density at radius 1 is 1.00 bits per heavy atom. The van der Waals surface area contributed by atoms with Gasteiger partial charge in [-0.25, -0.2) is 0 Å². The molecule has 6 heteroatoms. The van der Waals surface area contributed by atoms with Crippen molar-refractivity contribution in [3.05, 3.63) is 52.5 Å². The molecule has 0 unspecified atom stereocenters. The summed E-state index contributed by atoms with van der Waals surface area (Å²) in [6, 6.07) is 9.35. The molecule has 0 heterocycles. The van der Waals surface area contributed by atoms with Crippen molar-refractivity contribution >= 4 is 21.7 Å². The van der Waals surface area contributed by atoms with Gasteiger partial charge in [-0.15, -0.1) is 0 Å². The van der Waals surface area contributed by atoms with E-state index in [0.29, 0.717) is 16.3 Å². The molecule has 0 fully saturated rings. The van der Waals surface area contributed by atoms with E-state index < -0.39 is 10.1 Å². The molecule has 0 aliphatic rings. The third-order valence-electron chi connectivity index (χ3n) is 2.98. The highest BCUT2D eigenvalue weighted by atomic mass is 35.5. The van der Waals surface area contributed by atoms with Gasteiger partial charge in [-0.3, -0.25) is 0 Å². The Balaban J connectivity index is 2.42. The summed E-state index contributed by atoms with van der Waals surface area (Å²) in [5.74, 6) is 0.706. The highest BCUT2D eigenvalue weighted by Gasteiger charge is 2.21. The number of rotatable bonds is 4. The average molecular weight is 327 g/mol. The van der Waals surface area contributed by atoms with E-state index in [0.717, 1.165) is 5.56 Å². The average Bonchev–Trinajstić information content (AvgIpc) is 2.41. The second kappa shape index (κ2) is 5.95. The van der Waals surface area contributed by atoms with E-state index in [4.69, 9.17) is 20.5 Å². The molecule has 2 aromatic carbocycles. The van der Waals surface area contributed by atoms with Crippen molar-refractivity contribution in [3.8, 4) is 11.5 Å². The van der Waals surface area contributed by atoms with Gasteiger partial charge in [0.2, 0.25) is 0 Å². The van der Waals surface area contributed by atoms with Crippen LogP contribution in [0.3, 0.4) is 0 Å². The zero-order chi connectivity index (χ0) is 15.6. The molecule has 2 rings (SSSR count). The standard InChI is InChI=1S/C15H15ClO4S/c1-10-8-11(2)15(9-14(10)19-3)21(17,18)20-13-6-4-12(16)5-7-13/h4-9H,1-3H3. The number of benzene rings is 2. The van der Waals surface area contributed by atoms with Crippen LogP contribution in [0.5, 0.6) is 11.5 Å². The molecular weight excluding hydrogens is 312 g/mol. The first-order chi connectivity index (χ1) is 9.83. The molecular formula is C15H15ClO4S. The Kier molecular flexibility index (Phi) is 4.44. The van der Waals surface area contributed by atoms with Crippen LogP contribution in [0.4, 0.5) is 0 Å². The fourth-order valence-electron chi connectivity index (χ4n) is 1.96. The molecule has 112 valence electrons. The molecule has 0 radical (unpaired) electrons. The van der Waals surface area contributed by atoms with E-state index in [9.17, 15) is 8.42 Å². The molecule has 0 aromatic heterocycles. The fraction of sp³-hybridized carbons (Fsp3) is 0.200. The van der Waals surface area contributed by atoms with Crippen LogP contribution in [0.2, 0.25) is 5.02 Å². The van der Waals surface area contributed by atoms with Crippen molar-refractivity contribution < 1.29 is 17.3 Å². The van der Waals surface area contributed by atoms with Crippen molar-refractivity contribution in [2.75, 3.05) is 7.11 Å². The van der Waals surface area contributed by atoms with Crippen LogP contribution in [0.1, 0.15) is 11.1 Å². The van der Waals surface area contributed by atoms with Gasteiger partial charge in [0.25, 0.3) is 0 Å². The number of aryl methyl sites for hydroxylation is 2. The van der Waals surface area contributed by atoms with Gasteiger partial charge in [0, 0.05) is 11.1 Å². The minimum absolute atomic E-state index is 0.0832. The molecule has 0 atom stereocenters. The molecule has 0 saturated carbocycles. The predicted molar refractivity (Wildman–Crippen MR) is 81.7 cm³/mol. The van der Waals surface area contributed by atoms with Gasteiger partial charge in [-0.1, -0.05) is 17.7 Å². The zero-order valence-electron chi connectivity index (χ0n) is 11.9. The van der Waals surface area contributed by atoms with Crippen molar-refractivity contribution in [3.63, 3.8) is 0 Å². The van der Waals surface area contributed by atoms with Crippen LogP contribution in [0.15, 0.2) is 41.3 Å². The summed E-state index contributed by atoms with van der Waals surface area (Å²) in [4.78, 5) is 0.0832. The lowest BCUT2D eigenvalue weighted by molar-refractivity contribution is 0.409. The summed E-state index contributed by atoms with van der Waals surface area (Å²) < 4.78 is 35.0. The Hall–Kier alpha value is -1.72. The Morgan fingerprint density at radius 2 is 1.62 bits per heavy atom. The van der Waals surface area contributed by atoms with Crippen LogP contribution in [0, 0.1) is 13.8 Å². The summed E-state index contributed by atoms with van der Waals surface area (Å²) in [6.45, 7) is 3.56. The van der Waals surface area contributed by atoms with Gasteiger partial charge in [0.1, 0.15) is 16.4 Å².